The van der Waals surface area contributed by atoms with Gasteiger partial charge < -0.3 is 15.5 Å². The molecule has 292 valence electrons. The molecule has 0 aliphatic carbocycles. The van der Waals surface area contributed by atoms with Crippen LogP contribution in [0, 0.1) is 0 Å². The van der Waals surface area contributed by atoms with Gasteiger partial charge in [-0.1, -0.05) is 219 Å². The van der Waals surface area contributed by atoms with Gasteiger partial charge in [0.1, 0.15) is 0 Å². The minimum absolute atomic E-state index is 0.0364. The lowest BCUT2D eigenvalue weighted by Gasteiger charge is -2.22. The summed E-state index contributed by atoms with van der Waals surface area (Å²) in [4.78, 5) is 12.2. The minimum Gasteiger partial charge on any atom is -0.394 e. The van der Waals surface area contributed by atoms with Crippen molar-refractivity contribution < 1.29 is 15.0 Å². The molecule has 2 unspecified atom stereocenters. The number of amides is 1. The molecule has 0 rings (SSSR count). The molecule has 0 spiro atoms. The maximum Gasteiger partial charge on any atom is 0.220 e. The van der Waals surface area contributed by atoms with E-state index in [0.717, 1.165) is 32.1 Å². The Hall–Kier alpha value is -0.870. The molecule has 1 amide bonds. The largest absolute Gasteiger partial charge is 0.394 e. The number of aliphatic hydroxyl groups is 2. The van der Waals surface area contributed by atoms with Gasteiger partial charge in [-0.15, -0.1) is 0 Å². The molecule has 3 N–H and O–H groups in total. The average Bonchev–Trinajstić information content (AvgIpc) is 3.11. The number of aliphatic hydroxyl groups excluding tert-OH is 2. The lowest BCUT2D eigenvalue weighted by atomic mass is 10.0. The fraction of sp³-hybridized carbons (Fsp3) is 0.933. The molecule has 2 atom stereocenters. The van der Waals surface area contributed by atoms with Crippen LogP contribution in [-0.2, 0) is 4.79 Å². The number of hydrogen-bond donors (Lipinski definition) is 3. The van der Waals surface area contributed by atoms with Crippen molar-refractivity contribution >= 4 is 5.91 Å². The Balaban J connectivity index is 3.28. The molecular weight excluding hydrogens is 602 g/mol. The van der Waals surface area contributed by atoms with E-state index in [1.165, 1.54) is 193 Å². The molecule has 4 heteroatoms. The zero-order valence-corrected chi connectivity index (χ0v) is 33.5. The zero-order chi connectivity index (χ0) is 35.7. The van der Waals surface area contributed by atoms with E-state index in [1.54, 1.807) is 0 Å². The molecule has 0 bridgehead atoms. The van der Waals surface area contributed by atoms with Crippen molar-refractivity contribution in [2.24, 2.45) is 0 Å². The molecule has 0 saturated carbocycles. The van der Waals surface area contributed by atoms with E-state index in [4.69, 9.17) is 0 Å². The SMILES string of the molecule is CCCCCCCCCC/C=C\CCCCCCCCCCCCCCCCCCCCCCCC(=O)NC(CO)C(O)CCCCCC. The van der Waals surface area contributed by atoms with Crippen LogP contribution in [0.25, 0.3) is 0 Å². The van der Waals surface area contributed by atoms with Gasteiger partial charge in [-0.05, 0) is 38.5 Å². The number of carbonyl (C=O) groups excluding carboxylic acids is 1. The molecule has 4 nitrogen and oxygen atoms in total. The summed E-state index contributed by atoms with van der Waals surface area (Å²) in [5.74, 6) is -0.0364. The topological polar surface area (TPSA) is 69.6 Å². The molecule has 0 aromatic heterocycles. The van der Waals surface area contributed by atoms with E-state index in [1.807, 2.05) is 0 Å². The number of allylic oxidation sites excluding steroid dienone is 2. The molecule has 0 heterocycles. The summed E-state index contributed by atoms with van der Waals surface area (Å²) in [6, 6.07) is -0.527. The summed E-state index contributed by atoms with van der Waals surface area (Å²) in [5, 5.41) is 22.7. The van der Waals surface area contributed by atoms with Crippen LogP contribution in [-0.4, -0.2) is 34.9 Å². The first-order valence-corrected chi connectivity index (χ1v) is 22.4. The Kier molecular flexibility index (Phi) is 40.8. The maximum atomic E-state index is 12.2. The normalized spacial score (nSPS) is 13.0. The molecular formula is C45H89NO3. The summed E-state index contributed by atoms with van der Waals surface area (Å²) in [6.45, 7) is 4.26. The number of nitrogens with one attached hydrogen (secondary N) is 1. The standard InChI is InChI=1S/C45H89NO3/c1-3-5-7-9-10-11-12-13-14-15-16-17-18-19-20-21-22-23-24-25-26-27-28-29-30-31-32-33-34-35-36-37-39-41-45(49)46-43(42-47)44(48)40-38-8-6-4-2/h15-16,43-44,47-48H,3-14,17-42H2,1-2H3,(H,46,49)/b16-15-. The minimum atomic E-state index is -0.650. The van der Waals surface area contributed by atoms with E-state index in [-0.39, 0.29) is 12.5 Å². The summed E-state index contributed by atoms with van der Waals surface area (Å²) in [6.07, 6.45) is 52.2. The molecule has 0 aromatic rings. The molecule has 0 saturated heterocycles. The van der Waals surface area contributed by atoms with Crippen molar-refractivity contribution in [3.8, 4) is 0 Å². The van der Waals surface area contributed by atoms with Crippen LogP contribution in [0.4, 0.5) is 0 Å². The van der Waals surface area contributed by atoms with Gasteiger partial charge in [-0.25, -0.2) is 0 Å². The van der Waals surface area contributed by atoms with Crippen molar-refractivity contribution in [2.75, 3.05) is 6.61 Å². The molecule has 0 radical (unpaired) electrons. The van der Waals surface area contributed by atoms with Crippen LogP contribution in [0.15, 0.2) is 12.2 Å². The number of hydrogen-bond acceptors (Lipinski definition) is 3. The van der Waals surface area contributed by atoms with Crippen LogP contribution in [0.1, 0.15) is 251 Å². The highest BCUT2D eigenvalue weighted by Gasteiger charge is 2.19. The van der Waals surface area contributed by atoms with Gasteiger partial charge in [0.15, 0.2) is 0 Å². The van der Waals surface area contributed by atoms with E-state index >= 15 is 0 Å². The van der Waals surface area contributed by atoms with E-state index < -0.39 is 12.1 Å². The number of unbranched alkanes of at least 4 members (excludes halogenated alkanes) is 32. The third kappa shape index (κ3) is 38.2. The number of carbonyl (C=O) groups is 1. The highest BCUT2D eigenvalue weighted by atomic mass is 16.3. The first-order chi connectivity index (χ1) is 24.2. The predicted octanol–water partition coefficient (Wildman–Crippen LogP) is 13.9. The fourth-order valence-electron chi connectivity index (χ4n) is 7.06. The van der Waals surface area contributed by atoms with Gasteiger partial charge in [0.05, 0.1) is 18.8 Å². The predicted molar refractivity (Wildman–Crippen MR) is 216 cm³/mol. The van der Waals surface area contributed by atoms with Gasteiger partial charge in [-0.2, -0.15) is 0 Å². The first-order valence-electron chi connectivity index (χ1n) is 22.4. The van der Waals surface area contributed by atoms with Crippen molar-refractivity contribution in [3.63, 3.8) is 0 Å². The van der Waals surface area contributed by atoms with Gasteiger partial charge in [0, 0.05) is 6.42 Å². The third-order valence-corrected chi connectivity index (χ3v) is 10.5. The maximum absolute atomic E-state index is 12.2. The Morgan fingerprint density at radius 1 is 0.469 bits per heavy atom. The smallest absolute Gasteiger partial charge is 0.220 e. The summed E-state index contributed by atoms with van der Waals surface area (Å²) in [5.41, 5.74) is 0. The van der Waals surface area contributed by atoms with E-state index in [0.29, 0.717) is 12.8 Å². The molecule has 0 aliphatic rings. The van der Waals surface area contributed by atoms with Gasteiger partial charge >= 0.3 is 0 Å². The van der Waals surface area contributed by atoms with Gasteiger partial charge in [0.2, 0.25) is 5.91 Å². The van der Waals surface area contributed by atoms with Crippen molar-refractivity contribution in [2.45, 2.75) is 264 Å². The van der Waals surface area contributed by atoms with Gasteiger partial charge in [-0.3, -0.25) is 4.79 Å². The van der Waals surface area contributed by atoms with Crippen LogP contribution >= 0.6 is 0 Å². The third-order valence-electron chi connectivity index (χ3n) is 10.5. The lowest BCUT2D eigenvalue weighted by Crippen LogP contribution is -2.45. The summed E-state index contributed by atoms with van der Waals surface area (Å²) in [7, 11) is 0. The lowest BCUT2D eigenvalue weighted by molar-refractivity contribution is -0.123. The average molecular weight is 692 g/mol. The van der Waals surface area contributed by atoms with Crippen LogP contribution in [0.3, 0.4) is 0 Å². The Labute approximate surface area is 307 Å². The van der Waals surface area contributed by atoms with Crippen molar-refractivity contribution in [1.82, 2.24) is 5.32 Å². The second-order valence-electron chi connectivity index (χ2n) is 15.5. The molecule has 49 heavy (non-hydrogen) atoms. The molecule has 0 aromatic carbocycles. The molecule has 0 fully saturated rings. The quantitative estimate of drug-likeness (QED) is 0.0441. The van der Waals surface area contributed by atoms with Crippen molar-refractivity contribution in [3.05, 3.63) is 12.2 Å². The first kappa shape index (κ1) is 48.1. The van der Waals surface area contributed by atoms with E-state index in [2.05, 4.69) is 31.3 Å². The Morgan fingerprint density at radius 2 is 0.776 bits per heavy atom. The summed E-state index contributed by atoms with van der Waals surface area (Å²) < 4.78 is 0. The second-order valence-corrected chi connectivity index (χ2v) is 15.5. The van der Waals surface area contributed by atoms with Crippen LogP contribution in [0.5, 0.6) is 0 Å². The monoisotopic (exact) mass is 692 g/mol. The Morgan fingerprint density at radius 3 is 1.12 bits per heavy atom. The van der Waals surface area contributed by atoms with E-state index in [9.17, 15) is 15.0 Å². The second kappa shape index (κ2) is 41.5. The van der Waals surface area contributed by atoms with Crippen LogP contribution < -0.4 is 5.32 Å². The zero-order valence-electron chi connectivity index (χ0n) is 33.5. The number of rotatable bonds is 41. The molecule has 0 aliphatic heterocycles. The van der Waals surface area contributed by atoms with Crippen molar-refractivity contribution in [1.29, 1.82) is 0 Å². The fourth-order valence-corrected chi connectivity index (χ4v) is 7.06. The van der Waals surface area contributed by atoms with Gasteiger partial charge in [0.25, 0.3) is 0 Å². The van der Waals surface area contributed by atoms with Crippen LogP contribution in [0.2, 0.25) is 0 Å². The highest BCUT2D eigenvalue weighted by Crippen LogP contribution is 2.16. The summed E-state index contributed by atoms with van der Waals surface area (Å²) >= 11 is 0. The Bertz CT molecular complexity index is 666. The highest BCUT2D eigenvalue weighted by molar-refractivity contribution is 5.76.